The molecule has 5 heteroatoms. The number of hydrogen-bond acceptors (Lipinski definition) is 4. The molecule has 0 radical (unpaired) electrons. The van der Waals surface area contributed by atoms with Crippen molar-refractivity contribution in [3.05, 3.63) is 41.6 Å². The third-order valence-corrected chi connectivity index (χ3v) is 3.95. The van der Waals surface area contributed by atoms with E-state index in [-0.39, 0.29) is 12.7 Å². The third kappa shape index (κ3) is 6.06. The van der Waals surface area contributed by atoms with Crippen molar-refractivity contribution in [2.75, 3.05) is 18.7 Å². The summed E-state index contributed by atoms with van der Waals surface area (Å²) in [5.74, 6) is 2.56. The van der Waals surface area contributed by atoms with Gasteiger partial charge < -0.3 is 15.2 Å². The number of anilines is 1. The van der Waals surface area contributed by atoms with Crippen molar-refractivity contribution in [2.45, 2.75) is 60.4 Å². The lowest BCUT2D eigenvalue weighted by atomic mass is 9.98. The zero-order valence-corrected chi connectivity index (χ0v) is 17.1. The smallest absolute Gasteiger partial charge is 0.186 e. The fourth-order valence-corrected chi connectivity index (χ4v) is 2.69. The molecule has 26 heavy (non-hydrogen) atoms. The van der Waals surface area contributed by atoms with Crippen LogP contribution in [0.3, 0.4) is 0 Å². The first-order chi connectivity index (χ1) is 12.6. The predicted octanol–water partition coefficient (Wildman–Crippen LogP) is 4.87. The van der Waals surface area contributed by atoms with Crippen molar-refractivity contribution in [1.29, 1.82) is 0 Å². The quantitative estimate of drug-likeness (QED) is 0.763. The molecule has 3 rings (SSSR count). The number of ether oxygens (including phenoxy) is 1. The number of aromatic nitrogens is 2. The number of nitrogens with one attached hydrogen (secondary N) is 1. The van der Waals surface area contributed by atoms with Gasteiger partial charge in [0.1, 0.15) is 11.6 Å². The summed E-state index contributed by atoms with van der Waals surface area (Å²) in [4.78, 5) is 0. The summed E-state index contributed by atoms with van der Waals surface area (Å²) < 4.78 is 7.20. The number of aliphatic hydroxyl groups is 1. The van der Waals surface area contributed by atoms with Gasteiger partial charge in [-0.15, -0.1) is 0 Å². The molecule has 146 valence electrons. The van der Waals surface area contributed by atoms with Gasteiger partial charge in [0.15, 0.2) is 6.79 Å². The van der Waals surface area contributed by atoms with Crippen LogP contribution in [0.4, 0.5) is 5.82 Å². The lowest BCUT2D eigenvalue weighted by molar-refractivity contribution is 0.0984. The first kappa shape index (κ1) is 22.0. The van der Waals surface area contributed by atoms with Crippen LogP contribution < -0.4 is 10.1 Å². The van der Waals surface area contributed by atoms with Gasteiger partial charge >= 0.3 is 0 Å². The van der Waals surface area contributed by atoms with Gasteiger partial charge in [-0.3, -0.25) is 0 Å². The molecule has 0 saturated carbocycles. The molecule has 1 aromatic heterocycles. The van der Waals surface area contributed by atoms with Gasteiger partial charge in [-0.25, -0.2) is 4.68 Å². The van der Waals surface area contributed by atoms with Crippen LogP contribution in [0.1, 0.15) is 65.1 Å². The molecule has 5 nitrogen and oxygen atoms in total. The van der Waals surface area contributed by atoms with Crippen LogP contribution in [0.15, 0.2) is 30.3 Å². The normalized spacial score (nSPS) is 16.0. The molecule has 2 heterocycles. The first-order valence-corrected chi connectivity index (χ1v) is 9.74. The Balaban J connectivity index is 0.000000615. The molecule has 0 bridgehead atoms. The van der Waals surface area contributed by atoms with Crippen LogP contribution in [0.25, 0.3) is 0 Å². The molecule has 1 aromatic carbocycles. The number of nitrogens with zero attached hydrogens (tertiary/aromatic N) is 2. The summed E-state index contributed by atoms with van der Waals surface area (Å²) in [6, 6.07) is 9.91. The second kappa shape index (κ2) is 11.6. The molecular formula is C21H35N3O2. The van der Waals surface area contributed by atoms with Gasteiger partial charge in [0.25, 0.3) is 0 Å². The second-order valence-corrected chi connectivity index (χ2v) is 6.40. The summed E-state index contributed by atoms with van der Waals surface area (Å²) in [5, 5.41) is 17.0. The Morgan fingerprint density at radius 3 is 2.65 bits per heavy atom. The zero-order valence-electron chi connectivity index (χ0n) is 17.1. The molecule has 2 atom stereocenters. The van der Waals surface area contributed by atoms with E-state index < -0.39 is 0 Å². The molecule has 0 saturated heterocycles. The van der Waals surface area contributed by atoms with Crippen LogP contribution in [0.2, 0.25) is 0 Å². The molecule has 0 aliphatic carbocycles. The van der Waals surface area contributed by atoms with Gasteiger partial charge in [-0.1, -0.05) is 60.1 Å². The number of hydrogen-bond donors (Lipinski definition) is 2. The van der Waals surface area contributed by atoms with E-state index in [1.165, 1.54) is 6.42 Å². The summed E-state index contributed by atoms with van der Waals surface area (Å²) in [7, 11) is 0. The maximum atomic E-state index is 8.86. The van der Waals surface area contributed by atoms with Crippen molar-refractivity contribution >= 4 is 5.82 Å². The van der Waals surface area contributed by atoms with Crippen molar-refractivity contribution in [1.82, 2.24) is 9.78 Å². The van der Waals surface area contributed by atoms with Crippen molar-refractivity contribution in [3.8, 4) is 5.75 Å². The van der Waals surface area contributed by atoms with Gasteiger partial charge in [-0.05, 0) is 23.6 Å². The fraction of sp³-hybridized carbons (Fsp3) is 0.571. The minimum atomic E-state index is -0.307. The van der Waals surface area contributed by atoms with Crippen LogP contribution in [0, 0.1) is 5.92 Å². The summed E-state index contributed by atoms with van der Waals surface area (Å²) in [5.41, 5.74) is 2.18. The maximum absolute atomic E-state index is 8.86. The fourth-order valence-electron chi connectivity index (χ4n) is 2.69. The van der Waals surface area contributed by atoms with Crippen LogP contribution in [-0.4, -0.2) is 28.2 Å². The molecule has 2 aromatic rings. The molecule has 0 fully saturated rings. The van der Waals surface area contributed by atoms with Gasteiger partial charge in [0.05, 0.1) is 5.69 Å². The minimum Gasteiger partial charge on any atom is -0.468 e. The van der Waals surface area contributed by atoms with E-state index in [1.54, 1.807) is 0 Å². The molecular weight excluding hydrogens is 326 g/mol. The van der Waals surface area contributed by atoms with E-state index in [0.717, 1.165) is 30.2 Å². The average Bonchev–Trinajstić information content (AvgIpc) is 3.07. The highest BCUT2D eigenvalue weighted by atomic mass is 16.6. The Bertz CT molecular complexity index is 640. The minimum absolute atomic E-state index is 0.183. The van der Waals surface area contributed by atoms with Gasteiger partial charge in [-0.2, -0.15) is 5.10 Å². The van der Waals surface area contributed by atoms with E-state index in [9.17, 15) is 0 Å². The second-order valence-electron chi connectivity index (χ2n) is 6.40. The highest BCUT2D eigenvalue weighted by Crippen LogP contribution is 2.29. The third-order valence-electron chi connectivity index (χ3n) is 3.95. The van der Waals surface area contributed by atoms with Crippen molar-refractivity contribution in [2.24, 2.45) is 5.92 Å². The van der Waals surface area contributed by atoms with Crippen LogP contribution in [-0.2, 0) is 6.54 Å². The van der Waals surface area contributed by atoms with Crippen molar-refractivity contribution in [3.63, 3.8) is 0 Å². The Hall–Kier alpha value is -2.01. The molecule has 0 spiro atoms. The largest absolute Gasteiger partial charge is 0.468 e. The summed E-state index contributed by atoms with van der Waals surface area (Å²) in [6.07, 6.45) is 1.25. The average molecular weight is 362 g/mol. The predicted molar refractivity (Wildman–Crippen MR) is 109 cm³/mol. The number of aliphatic hydroxyl groups excluding tert-OH is 1. The summed E-state index contributed by atoms with van der Waals surface area (Å²) >= 11 is 0. The number of benzene rings is 1. The maximum Gasteiger partial charge on any atom is 0.186 e. The zero-order chi connectivity index (χ0) is 19.5. The van der Waals surface area contributed by atoms with E-state index >= 15 is 0 Å². The standard InChI is InChI=1S/C16H21N3O2.C3H8.C2H6/c1-11-8-17-16-7-15(18-19(16)9-11)12(2)13-4-3-5-14(6-13)21-10-20;1-3-2;1-2/h3-7,11-12,17,20H,8-10H2,1-2H3;3H2,1-2H3;1-2H3. The van der Waals surface area contributed by atoms with Crippen molar-refractivity contribution < 1.29 is 9.84 Å². The number of rotatable bonds is 4. The van der Waals surface area contributed by atoms with E-state index in [4.69, 9.17) is 14.9 Å². The Morgan fingerprint density at radius 1 is 1.31 bits per heavy atom. The molecule has 0 amide bonds. The highest BCUT2D eigenvalue weighted by molar-refractivity contribution is 5.42. The van der Waals surface area contributed by atoms with Gasteiger partial charge in [0.2, 0.25) is 0 Å². The lowest BCUT2D eigenvalue weighted by Crippen LogP contribution is -2.25. The van der Waals surface area contributed by atoms with Gasteiger partial charge in [0, 0.05) is 25.1 Å². The topological polar surface area (TPSA) is 59.3 Å². The van der Waals surface area contributed by atoms with Crippen LogP contribution >= 0.6 is 0 Å². The Morgan fingerprint density at radius 2 is 2.00 bits per heavy atom. The SMILES string of the molecule is CC.CC1CNc2cc(C(C)c3cccc(OCO)c3)nn2C1.CCC. The summed E-state index contributed by atoms with van der Waals surface area (Å²) in [6.45, 7) is 14.3. The number of fused-ring (bicyclic) bond motifs is 1. The Kier molecular flexibility index (Phi) is 9.81. The van der Waals surface area contributed by atoms with Crippen LogP contribution in [0.5, 0.6) is 5.75 Å². The molecule has 2 unspecified atom stereocenters. The lowest BCUT2D eigenvalue weighted by Gasteiger charge is -2.21. The first-order valence-electron chi connectivity index (χ1n) is 9.74. The Labute approximate surface area is 158 Å². The van der Waals surface area contributed by atoms with E-state index in [2.05, 4.69) is 45.1 Å². The molecule has 2 N–H and O–H groups in total. The van der Waals surface area contributed by atoms with E-state index in [0.29, 0.717) is 11.7 Å². The monoisotopic (exact) mass is 361 g/mol. The molecule has 1 aliphatic heterocycles. The van der Waals surface area contributed by atoms with E-state index in [1.807, 2.05) is 36.7 Å². The highest BCUT2D eigenvalue weighted by Gasteiger charge is 2.20. The molecule has 1 aliphatic rings.